The van der Waals surface area contributed by atoms with Crippen molar-refractivity contribution in [3.05, 3.63) is 12.7 Å². The van der Waals surface area contributed by atoms with E-state index >= 15 is 0 Å². The second-order valence-electron chi connectivity index (χ2n) is 2.01. The summed E-state index contributed by atoms with van der Waals surface area (Å²) >= 11 is 0. The van der Waals surface area contributed by atoms with E-state index in [9.17, 15) is 0 Å². The third-order valence-electron chi connectivity index (χ3n) is 1.22. The fourth-order valence-corrected chi connectivity index (χ4v) is 1.21. The van der Waals surface area contributed by atoms with Crippen LogP contribution in [0.15, 0.2) is 12.7 Å². The van der Waals surface area contributed by atoms with Crippen molar-refractivity contribution in [3.8, 4) is 0 Å². The van der Waals surface area contributed by atoms with Crippen LogP contribution in [0.3, 0.4) is 0 Å². The Morgan fingerprint density at radius 1 is 1.75 bits per heavy atom. The minimum absolute atomic E-state index is 0.528. The SMILES string of the molecule is C=CC=[SiH]C(C)CC. The van der Waals surface area contributed by atoms with Crippen LogP contribution < -0.4 is 0 Å². The molecule has 0 aromatic rings. The van der Waals surface area contributed by atoms with Gasteiger partial charge in [0.25, 0.3) is 0 Å². The number of rotatable bonds is 3. The summed E-state index contributed by atoms with van der Waals surface area (Å²) < 4.78 is 0. The van der Waals surface area contributed by atoms with E-state index in [1.165, 1.54) is 6.42 Å². The van der Waals surface area contributed by atoms with E-state index in [0.29, 0.717) is 9.13 Å². The molecule has 0 amide bonds. The minimum Gasteiger partial charge on any atom is -0.0995 e. The van der Waals surface area contributed by atoms with Crippen LogP contribution in [0.25, 0.3) is 0 Å². The van der Waals surface area contributed by atoms with Crippen molar-refractivity contribution in [2.45, 2.75) is 25.8 Å². The molecule has 1 unspecified atom stereocenters. The lowest BCUT2D eigenvalue weighted by Gasteiger charge is -1.95. The lowest BCUT2D eigenvalue weighted by molar-refractivity contribution is 0.878. The van der Waals surface area contributed by atoms with Crippen LogP contribution in [0.4, 0.5) is 0 Å². The molecule has 0 saturated carbocycles. The molecule has 0 radical (unpaired) electrons. The van der Waals surface area contributed by atoms with Gasteiger partial charge in [-0.05, 0) is 14.7 Å². The minimum atomic E-state index is 0.528. The van der Waals surface area contributed by atoms with Gasteiger partial charge in [0.15, 0.2) is 0 Å². The average molecular weight is 126 g/mol. The van der Waals surface area contributed by atoms with Crippen molar-refractivity contribution in [1.29, 1.82) is 0 Å². The molecule has 1 atom stereocenters. The molecule has 0 saturated heterocycles. The lowest BCUT2D eigenvalue weighted by atomic mass is 10.4. The monoisotopic (exact) mass is 126 g/mol. The van der Waals surface area contributed by atoms with Gasteiger partial charge >= 0.3 is 0 Å². The Morgan fingerprint density at radius 2 is 2.38 bits per heavy atom. The predicted octanol–water partition coefficient (Wildman–Crippen LogP) is 1.63. The Bertz CT molecular complexity index is 84.4. The maximum atomic E-state index is 3.63. The molecule has 0 aromatic carbocycles. The molecule has 0 aliphatic rings. The maximum Gasteiger partial charge on any atom is -0.00387 e. The summed E-state index contributed by atoms with van der Waals surface area (Å²) in [6, 6.07) is 0. The van der Waals surface area contributed by atoms with Crippen molar-refractivity contribution in [2.75, 3.05) is 0 Å². The van der Waals surface area contributed by atoms with Gasteiger partial charge in [0.2, 0.25) is 0 Å². The Labute approximate surface area is 54.1 Å². The summed E-state index contributed by atoms with van der Waals surface area (Å²) in [7, 11) is 0.528. The molecule has 46 valence electrons. The van der Waals surface area contributed by atoms with E-state index in [1.807, 2.05) is 6.08 Å². The quantitative estimate of drug-likeness (QED) is 0.504. The normalized spacial score (nSPS) is 14.2. The van der Waals surface area contributed by atoms with Gasteiger partial charge in [-0.15, -0.1) is 0 Å². The van der Waals surface area contributed by atoms with Crippen molar-refractivity contribution >= 4 is 14.8 Å². The zero-order valence-corrected chi connectivity index (χ0v) is 6.88. The maximum absolute atomic E-state index is 3.63. The molecule has 1 heteroatoms. The van der Waals surface area contributed by atoms with Gasteiger partial charge in [0, 0.05) is 0 Å². The Kier molecular flexibility index (Phi) is 4.87. The summed E-state index contributed by atoms with van der Waals surface area (Å²) in [5.41, 5.74) is 3.11. The largest absolute Gasteiger partial charge is 0.0995 e. The summed E-state index contributed by atoms with van der Waals surface area (Å²) in [5, 5.41) is 0. The van der Waals surface area contributed by atoms with E-state index in [1.54, 1.807) is 0 Å². The first-order valence-electron chi connectivity index (χ1n) is 3.10. The van der Waals surface area contributed by atoms with Crippen LogP contribution in [0, 0.1) is 0 Å². The van der Waals surface area contributed by atoms with E-state index in [2.05, 4.69) is 26.1 Å². The molecule has 0 bridgehead atoms. The summed E-state index contributed by atoms with van der Waals surface area (Å²) in [6.45, 7) is 8.15. The van der Waals surface area contributed by atoms with Gasteiger partial charge in [-0.25, -0.2) is 0 Å². The van der Waals surface area contributed by atoms with Crippen LogP contribution >= 0.6 is 0 Å². The fourth-order valence-electron chi connectivity index (χ4n) is 0.404. The van der Waals surface area contributed by atoms with Crippen LogP contribution in [0.5, 0.6) is 0 Å². The molecule has 0 fully saturated rings. The molecule has 0 aliphatic carbocycles. The fraction of sp³-hybridized carbons (Fsp3) is 0.571. The first kappa shape index (κ1) is 7.83. The van der Waals surface area contributed by atoms with Crippen molar-refractivity contribution in [1.82, 2.24) is 0 Å². The van der Waals surface area contributed by atoms with Crippen LogP contribution in [0.2, 0.25) is 5.54 Å². The second kappa shape index (κ2) is 4.97. The van der Waals surface area contributed by atoms with Crippen molar-refractivity contribution < 1.29 is 0 Å². The van der Waals surface area contributed by atoms with Gasteiger partial charge in [0.1, 0.15) is 0 Å². The highest BCUT2D eigenvalue weighted by molar-refractivity contribution is 6.50. The van der Waals surface area contributed by atoms with E-state index < -0.39 is 0 Å². The molecule has 0 aromatic heterocycles. The van der Waals surface area contributed by atoms with Crippen LogP contribution in [-0.4, -0.2) is 14.8 Å². The average Bonchev–Trinajstić information content (AvgIpc) is 1.83. The molecule has 0 heterocycles. The Hall–Kier alpha value is -0.173. The van der Waals surface area contributed by atoms with Crippen LogP contribution in [0.1, 0.15) is 20.3 Å². The lowest BCUT2D eigenvalue weighted by Crippen LogP contribution is -1.89. The van der Waals surface area contributed by atoms with Gasteiger partial charge in [-0.2, -0.15) is 0 Å². The van der Waals surface area contributed by atoms with Gasteiger partial charge < -0.3 is 0 Å². The predicted molar refractivity (Wildman–Crippen MR) is 43.1 cm³/mol. The second-order valence-corrected chi connectivity index (χ2v) is 3.91. The number of allylic oxidation sites excluding steroid dienone is 1. The van der Waals surface area contributed by atoms with Crippen molar-refractivity contribution in [3.63, 3.8) is 0 Å². The van der Waals surface area contributed by atoms with Gasteiger partial charge in [0.05, 0.1) is 0 Å². The van der Waals surface area contributed by atoms with E-state index in [4.69, 9.17) is 0 Å². The highest BCUT2D eigenvalue weighted by atomic mass is 28.2. The number of hydrogen-bond donors (Lipinski definition) is 0. The third-order valence-corrected chi connectivity index (χ3v) is 2.84. The number of hydrogen-bond acceptors (Lipinski definition) is 0. The molecule has 0 N–H and O–H groups in total. The van der Waals surface area contributed by atoms with Crippen LogP contribution in [-0.2, 0) is 0 Å². The standard InChI is InChI=1S/C7H14Si/c1-4-6-8-7(3)5-2/h4,6-8H,1,5H2,2-3H3. The summed E-state index contributed by atoms with van der Waals surface area (Å²) in [5.74, 6) is 0. The smallest absolute Gasteiger partial charge is 0.00387 e. The summed E-state index contributed by atoms with van der Waals surface area (Å²) in [4.78, 5) is 0. The van der Waals surface area contributed by atoms with E-state index in [-0.39, 0.29) is 0 Å². The van der Waals surface area contributed by atoms with Crippen molar-refractivity contribution in [2.24, 2.45) is 0 Å². The molecule has 0 aliphatic heterocycles. The third kappa shape index (κ3) is 4.00. The zero-order valence-electron chi connectivity index (χ0n) is 5.72. The molecule has 0 rings (SSSR count). The molecule has 8 heavy (non-hydrogen) atoms. The Balaban J connectivity index is 3.35. The van der Waals surface area contributed by atoms with Gasteiger partial charge in [-0.3, -0.25) is 0 Å². The molecule has 0 nitrogen and oxygen atoms in total. The topological polar surface area (TPSA) is 0 Å². The first-order chi connectivity index (χ1) is 3.81. The molecule has 0 spiro atoms. The molecular formula is C7H14Si. The Morgan fingerprint density at radius 3 is 2.75 bits per heavy atom. The summed E-state index contributed by atoms with van der Waals surface area (Å²) in [6.07, 6.45) is 3.21. The van der Waals surface area contributed by atoms with Gasteiger partial charge in [-0.1, -0.05) is 38.6 Å². The highest BCUT2D eigenvalue weighted by Gasteiger charge is 1.87. The zero-order chi connectivity index (χ0) is 6.41. The first-order valence-corrected chi connectivity index (χ1v) is 4.43. The highest BCUT2D eigenvalue weighted by Crippen LogP contribution is 2.00. The molecular weight excluding hydrogens is 112 g/mol. The van der Waals surface area contributed by atoms with E-state index in [0.717, 1.165) is 5.54 Å².